The third-order valence-electron chi connectivity index (χ3n) is 5.27. The molecule has 1 aromatic rings. The average molecular weight is 295 g/mol. The summed E-state index contributed by atoms with van der Waals surface area (Å²) in [6.45, 7) is 5.31. The molecule has 1 aliphatic rings. The average Bonchev–Trinajstić information content (AvgIpc) is 2.47. The van der Waals surface area contributed by atoms with Crippen molar-refractivity contribution in [2.75, 3.05) is 13.6 Å². The van der Waals surface area contributed by atoms with Gasteiger partial charge in [-0.2, -0.15) is 0 Å². The van der Waals surface area contributed by atoms with Crippen molar-refractivity contribution in [2.24, 2.45) is 11.7 Å². The van der Waals surface area contributed by atoms with Crippen molar-refractivity contribution in [3.05, 3.63) is 34.9 Å². The fraction of sp³-hybridized carbons (Fsp3) is 0.647. The first-order valence-electron chi connectivity index (χ1n) is 7.67. The number of hydrogen-bond donors (Lipinski definition) is 1. The normalized spacial score (nSPS) is 28.6. The van der Waals surface area contributed by atoms with E-state index in [1.165, 1.54) is 31.2 Å². The van der Waals surface area contributed by atoms with Crippen molar-refractivity contribution in [3.8, 4) is 0 Å². The summed E-state index contributed by atoms with van der Waals surface area (Å²) in [6, 6.07) is 8.43. The molecule has 2 rings (SSSR count). The van der Waals surface area contributed by atoms with Crippen LogP contribution in [0.1, 0.15) is 51.1 Å². The summed E-state index contributed by atoms with van der Waals surface area (Å²) in [6.07, 6.45) is 4.93. The summed E-state index contributed by atoms with van der Waals surface area (Å²) >= 11 is 6.36. The first kappa shape index (κ1) is 15.8. The van der Waals surface area contributed by atoms with Gasteiger partial charge in [-0.3, -0.25) is 4.90 Å². The van der Waals surface area contributed by atoms with Crippen LogP contribution in [0.25, 0.3) is 0 Å². The lowest BCUT2D eigenvalue weighted by molar-refractivity contribution is 0.0374. The maximum Gasteiger partial charge on any atom is 0.0453 e. The van der Waals surface area contributed by atoms with Gasteiger partial charge in [0.25, 0.3) is 0 Å². The van der Waals surface area contributed by atoms with Gasteiger partial charge in [0.15, 0.2) is 0 Å². The number of halogens is 1. The van der Waals surface area contributed by atoms with E-state index < -0.39 is 0 Å². The van der Waals surface area contributed by atoms with Gasteiger partial charge in [-0.05, 0) is 57.2 Å². The molecule has 3 heteroatoms. The fourth-order valence-corrected chi connectivity index (χ4v) is 3.73. The summed E-state index contributed by atoms with van der Waals surface area (Å²) in [5.74, 6) is 0.832. The standard InChI is InChI=1S/C17H27ClN2/c1-13-8-10-17(12-19,11-9-13)20(3)14(2)15-6-4-5-7-16(15)18/h4-7,13-14H,8-12,19H2,1-3H3. The number of nitrogens with zero attached hydrogens (tertiary/aromatic N) is 1. The predicted molar refractivity (Wildman–Crippen MR) is 87.0 cm³/mol. The molecule has 1 atom stereocenters. The zero-order chi connectivity index (χ0) is 14.8. The highest BCUT2D eigenvalue weighted by Crippen LogP contribution is 2.40. The summed E-state index contributed by atoms with van der Waals surface area (Å²) in [7, 11) is 2.21. The van der Waals surface area contributed by atoms with Gasteiger partial charge in [-0.15, -0.1) is 0 Å². The molecule has 0 spiro atoms. The Kier molecular flexibility index (Phi) is 5.11. The van der Waals surface area contributed by atoms with E-state index >= 15 is 0 Å². The molecular formula is C17H27ClN2. The van der Waals surface area contributed by atoms with Crippen molar-refractivity contribution in [1.29, 1.82) is 0 Å². The smallest absolute Gasteiger partial charge is 0.0453 e. The second-order valence-electron chi connectivity index (χ2n) is 6.42. The van der Waals surface area contributed by atoms with Crippen LogP contribution < -0.4 is 5.73 Å². The molecule has 2 nitrogen and oxygen atoms in total. The van der Waals surface area contributed by atoms with Gasteiger partial charge < -0.3 is 5.73 Å². The van der Waals surface area contributed by atoms with Gasteiger partial charge in [0.05, 0.1) is 0 Å². The molecule has 1 unspecified atom stereocenters. The Morgan fingerprint density at radius 2 is 1.95 bits per heavy atom. The lowest BCUT2D eigenvalue weighted by atomic mass is 9.75. The highest BCUT2D eigenvalue weighted by atomic mass is 35.5. The second kappa shape index (κ2) is 6.46. The van der Waals surface area contributed by atoms with Crippen LogP contribution in [0.15, 0.2) is 24.3 Å². The molecule has 0 bridgehead atoms. The molecule has 112 valence electrons. The topological polar surface area (TPSA) is 29.3 Å². The Balaban J connectivity index is 2.20. The zero-order valence-electron chi connectivity index (χ0n) is 12.9. The van der Waals surface area contributed by atoms with Gasteiger partial charge in [-0.25, -0.2) is 0 Å². The molecule has 1 aliphatic carbocycles. The number of benzene rings is 1. The minimum atomic E-state index is 0.130. The Morgan fingerprint density at radius 1 is 1.35 bits per heavy atom. The first-order valence-corrected chi connectivity index (χ1v) is 8.05. The zero-order valence-corrected chi connectivity index (χ0v) is 13.7. The molecule has 1 fully saturated rings. The molecule has 0 aromatic heterocycles. The van der Waals surface area contributed by atoms with Crippen LogP contribution in [-0.2, 0) is 0 Å². The van der Waals surface area contributed by atoms with E-state index in [1.54, 1.807) is 0 Å². The van der Waals surface area contributed by atoms with Crippen LogP contribution >= 0.6 is 11.6 Å². The molecule has 1 aromatic carbocycles. The highest BCUT2D eigenvalue weighted by Gasteiger charge is 2.39. The van der Waals surface area contributed by atoms with Gasteiger partial charge in [-0.1, -0.05) is 36.7 Å². The molecule has 0 amide bonds. The molecule has 0 aliphatic heterocycles. The van der Waals surface area contributed by atoms with E-state index in [9.17, 15) is 0 Å². The molecule has 0 saturated heterocycles. The van der Waals surface area contributed by atoms with E-state index in [1.807, 2.05) is 12.1 Å². The number of hydrogen-bond acceptors (Lipinski definition) is 2. The Morgan fingerprint density at radius 3 is 2.50 bits per heavy atom. The highest BCUT2D eigenvalue weighted by molar-refractivity contribution is 6.31. The van der Waals surface area contributed by atoms with Crippen molar-refractivity contribution >= 4 is 11.6 Å². The minimum absolute atomic E-state index is 0.130. The summed E-state index contributed by atoms with van der Waals surface area (Å²) in [5, 5.41) is 0.850. The fourth-order valence-electron chi connectivity index (χ4n) is 3.43. The summed E-state index contributed by atoms with van der Waals surface area (Å²) < 4.78 is 0. The Bertz CT molecular complexity index is 438. The van der Waals surface area contributed by atoms with E-state index in [0.717, 1.165) is 17.5 Å². The molecule has 2 N–H and O–H groups in total. The third-order valence-corrected chi connectivity index (χ3v) is 5.61. The van der Waals surface area contributed by atoms with Gasteiger partial charge in [0, 0.05) is 23.1 Å². The SMILES string of the molecule is CC1CCC(CN)(N(C)C(C)c2ccccc2Cl)CC1. The van der Waals surface area contributed by atoms with Crippen LogP contribution in [0.3, 0.4) is 0 Å². The maximum atomic E-state index is 6.36. The van der Waals surface area contributed by atoms with Crippen molar-refractivity contribution in [3.63, 3.8) is 0 Å². The molecule has 0 heterocycles. The van der Waals surface area contributed by atoms with E-state index in [2.05, 4.69) is 37.9 Å². The summed E-state index contributed by atoms with van der Waals surface area (Å²) in [4.78, 5) is 2.46. The maximum absolute atomic E-state index is 6.36. The van der Waals surface area contributed by atoms with Crippen LogP contribution in [0.2, 0.25) is 5.02 Å². The predicted octanol–water partition coefficient (Wildman–Crippen LogP) is 4.24. The van der Waals surface area contributed by atoms with Crippen LogP contribution in [0.5, 0.6) is 0 Å². The first-order chi connectivity index (χ1) is 9.50. The molecule has 0 radical (unpaired) electrons. The second-order valence-corrected chi connectivity index (χ2v) is 6.83. The van der Waals surface area contributed by atoms with Crippen LogP contribution in [-0.4, -0.2) is 24.0 Å². The van der Waals surface area contributed by atoms with E-state index in [-0.39, 0.29) is 5.54 Å². The van der Waals surface area contributed by atoms with E-state index in [0.29, 0.717) is 6.04 Å². The van der Waals surface area contributed by atoms with E-state index in [4.69, 9.17) is 17.3 Å². The number of nitrogens with two attached hydrogens (primary N) is 1. The van der Waals surface area contributed by atoms with Gasteiger partial charge >= 0.3 is 0 Å². The van der Waals surface area contributed by atoms with Crippen LogP contribution in [0, 0.1) is 5.92 Å². The largest absolute Gasteiger partial charge is 0.329 e. The lowest BCUT2D eigenvalue weighted by Crippen LogP contribution is -2.54. The monoisotopic (exact) mass is 294 g/mol. The molecule has 1 saturated carbocycles. The molecular weight excluding hydrogens is 268 g/mol. The Hall–Kier alpha value is -0.570. The van der Waals surface area contributed by atoms with Crippen molar-refractivity contribution < 1.29 is 0 Å². The van der Waals surface area contributed by atoms with Crippen LogP contribution in [0.4, 0.5) is 0 Å². The van der Waals surface area contributed by atoms with Crippen molar-refractivity contribution in [2.45, 2.75) is 51.1 Å². The third kappa shape index (κ3) is 3.03. The van der Waals surface area contributed by atoms with Crippen molar-refractivity contribution in [1.82, 2.24) is 4.90 Å². The summed E-state index contributed by atoms with van der Waals surface area (Å²) in [5.41, 5.74) is 7.49. The molecule has 20 heavy (non-hydrogen) atoms. The minimum Gasteiger partial charge on any atom is -0.329 e. The number of likely N-dealkylation sites (N-methyl/N-ethyl adjacent to an activating group) is 1. The lowest BCUT2D eigenvalue weighted by Gasteiger charge is -2.48. The quantitative estimate of drug-likeness (QED) is 0.900. The number of rotatable bonds is 4. The Labute approximate surface area is 128 Å². The van der Waals surface area contributed by atoms with Gasteiger partial charge in [0.1, 0.15) is 0 Å². The van der Waals surface area contributed by atoms with Gasteiger partial charge in [0.2, 0.25) is 0 Å².